The molecular weight excluding hydrogens is 321 g/mol. The van der Waals surface area contributed by atoms with E-state index < -0.39 is 5.63 Å². The van der Waals surface area contributed by atoms with Gasteiger partial charge in [0.25, 0.3) is 0 Å². The molecule has 0 aliphatic heterocycles. The van der Waals surface area contributed by atoms with Crippen molar-refractivity contribution in [2.75, 3.05) is 0 Å². The summed E-state index contributed by atoms with van der Waals surface area (Å²) in [5, 5.41) is 0. The summed E-state index contributed by atoms with van der Waals surface area (Å²) < 4.78 is 20.6. The van der Waals surface area contributed by atoms with Gasteiger partial charge in [-0.05, 0) is 36.6 Å². The number of rotatable bonds is 3. The molecule has 0 radical (unpaired) electrons. The van der Waals surface area contributed by atoms with Crippen molar-refractivity contribution in [3.05, 3.63) is 59.1 Å². The molecule has 4 rings (SSSR count). The number of aromatic nitrogens is 3. The van der Waals surface area contributed by atoms with E-state index in [2.05, 4.69) is 9.97 Å². The highest BCUT2D eigenvalue weighted by atomic mass is 19.1. The van der Waals surface area contributed by atoms with Crippen LogP contribution < -0.4 is 5.63 Å². The molecule has 2 heterocycles. The van der Waals surface area contributed by atoms with Crippen molar-refractivity contribution in [1.82, 2.24) is 14.7 Å². The van der Waals surface area contributed by atoms with Crippen LogP contribution in [0.1, 0.15) is 38.1 Å². The Morgan fingerprint density at radius 1 is 1.08 bits per heavy atom. The summed E-state index contributed by atoms with van der Waals surface area (Å²) in [6, 6.07) is 7.78. The van der Waals surface area contributed by atoms with Gasteiger partial charge in [0, 0.05) is 6.20 Å². The molecule has 1 fully saturated rings. The fourth-order valence-corrected chi connectivity index (χ4v) is 3.50. The largest absolute Gasteiger partial charge is 0.366 e. The van der Waals surface area contributed by atoms with E-state index in [1.807, 2.05) is 0 Å². The molecule has 25 heavy (non-hydrogen) atoms. The zero-order valence-electron chi connectivity index (χ0n) is 13.7. The van der Waals surface area contributed by atoms with Crippen molar-refractivity contribution in [3.63, 3.8) is 0 Å². The van der Waals surface area contributed by atoms with E-state index in [0.29, 0.717) is 22.5 Å². The van der Waals surface area contributed by atoms with Crippen LogP contribution in [0.4, 0.5) is 4.39 Å². The minimum Gasteiger partial charge on any atom is -0.335 e. The van der Waals surface area contributed by atoms with Crippen LogP contribution in [0, 0.1) is 5.82 Å². The molecule has 1 aliphatic rings. The van der Waals surface area contributed by atoms with E-state index in [1.54, 1.807) is 29.1 Å². The molecule has 1 aromatic carbocycles. The fourth-order valence-electron chi connectivity index (χ4n) is 3.50. The van der Waals surface area contributed by atoms with E-state index in [9.17, 15) is 9.18 Å². The van der Waals surface area contributed by atoms with Crippen LogP contribution in [0.2, 0.25) is 0 Å². The Morgan fingerprint density at radius 3 is 2.52 bits per heavy atom. The molecular formula is C19H18FN3O2. The van der Waals surface area contributed by atoms with Crippen LogP contribution in [0.3, 0.4) is 0 Å². The molecule has 0 bridgehead atoms. The lowest BCUT2D eigenvalue weighted by atomic mass is 9.95. The Hall–Kier alpha value is -2.76. The van der Waals surface area contributed by atoms with Crippen molar-refractivity contribution >= 4 is 0 Å². The molecule has 0 spiro atoms. The predicted molar refractivity (Wildman–Crippen MR) is 91.5 cm³/mol. The lowest BCUT2D eigenvalue weighted by molar-refractivity contribution is 0.173. The Balaban J connectivity index is 1.92. The van der Waals surface area contributed by atoms with Crippen LogP contribution in [0.25, 0.3) is 22.5 Å². The number of halogens is 1. The second-order valence-electron chi connectivity index (χ2n) is 6.32. The summed E-state index contributed by atoms with van der Waals surface area (Å²) >= 11 is 0. The summed E-state index contributed by atoms with van der Waals surface area (Å²) in [4.78, 5) is 20.9. The summed E-state index contributed by atoms with van der Waals surface area (Å²) in [6.07, 6.45) is 8.46. The molecule has 128 valence electrons. The second-order valence-corrected chi connectivity index (χ2v) is 6.32. The Bertz CT molecular complexity index is 910. The van der Waals surface area contributed by atoms with Crippen LogP contribution in [-0.4, -0.2) is 14.7 Å². The van der Waals surface area contributed by atoms with Crippen molar-refractivity contribution in [1.29, 1.82) is 0 Å². The smallest absolute Gasteiger partial charge is 0.335 e. The Kier molecular flexibility index (Phi) is 4.17. The van der Waals surface area contributed by atoms with Crippen LogP contribution in [-0.2, 0) is 0 Å². The maximum Gasteiger partial charge on any atom is 0.366 e. The van der Waals surface area contributed by atoms with E-state index in [4.69, 9.17) is 4.52 Å². The standard InChI is InChI=1S/C19H18FN3O2/c20-14-8-6-13(7-9-14)17-18(16-10-11-21-12-22-16)23(25-19(17)24)15-4-2-1-3-5-15/h6-12,15H,1-5H2. The van der Waals surface area contributed by atoms with Gasteiger partial charge < -0.3 is 4.52 Å². The van der Waals surface area contributed by atoms with Gasteiger partial charge >= 0.3 is 5.63 Å². The quantitative estimate of drug-likeness (QED) is 0.717. The van der Waals surface area contributed by atoms with Gasteiger partial charge in [-0.15, -0.1) is 0 Å². The van der Waals surface area contributed by atoms with Gasteiger partial charge in [-0.1, -0.05) is 31.4 Å². The average molecular weight is 339 g/mol. The third-order valence-corrected chi connectivity index (χ3v) is 4.71. The van der Waals surface area contributed by atoms with E-state index >= 15 is 0 Å². The summed E-state index contributed by atoms with van der Waals surface area (Å²) in [5.41, 5.74) is 1.89. The molecule has 6 heteroatoms. The maximum atomic E-state index is 13.3. The molecule has 0 saturated heterocycles. The van der Waals surface area contributed by atoms with Gasteiger partial charge in [-0.25, -0.2) is 19.2 Å². The molecule has 1 aliphatic carbocycles. The second kappa shape index (κ2) is 6.63. The van der Waals surface area contributed by atoms with Crippen LogP contribution in [0.15, 0.2) is 52.2 Å². The Labute approximate surface area is 144 Å². The summed E-state index contributed by atoms with van der Waals surface area (Å²) in [5.74, 6) is -0.344. The lowest BCUT2D eigenvalue weighted by Crippen LogP contribution is -2.13. The third kappa shape index (κ3) is 2.99. The number of benzene rings is 1. The molecule has 1 saturated carbocycles. The van der Waals surface area contributed by atoms with Gasteiger partial charge in [0.2, 0.25) is 0 Å². The summed E-state index contributed by atoms with van der Waals surface area (Å²) in [7, 11) is 0. The van der Waals surface area contributed by atoms with E-state index in [-0.39, 0.29) is 11.9 Å². The van der Waals surface area contributed by atoms with Crippen molar-refractivity contribution in [2.24, 2.45) is 0 Å². The minimum atomic E-state index is -0.425. The van der Waals surface area contributed by atoms with Crippen molar-refractivity contribution < 1.29 is 8.91 Å². The number of nitrogens with zero attached hydrogens (tertiary/aromatic N) is 3. The first-order valence-corrected chi connectivity index (χ1v) is 8.52. The average Bonchev–Trinajstić information content (AvgIpc) is 3.01. The first-order chi connectivity index (χ1) is 12.2. The molecule has 0 atom stereocenters. The van der Waals surface area contributed by atoms with Gasteiger partial charge in [0.1, 0.15) is 17.8 Å². The monoisotopic (exact) mass is 339 g/mol. The van der Waals surface area contributed by atoms with Gasteiger partial charge in [0.05, 0.1) is 17.3 Å². The highest BCUT2D eigenvalue weighted by molar-refractivity contribution is 5.78. The minimum absolute atomic E-state index is 0.139. The highest BCUT2D eigenvalue weighted by Crippen LogP contribution is 2.36. The Morgan fingerprint density at radius 2 is 1.84 bits per heavy atom. The van der Waals surface area contributed by atoms with E-state index in [0.717, 1.165) is 25.7 Å². The van der Waals surface area contributed by atoms with Crippen molar-refractivity contribution in [3.8, 4) is 22.5 Å². The molecule has 0 N–H and O–H groups in total. The normalized spacial score (nSPS) is 15.4. The number of hydrogen-bond acceptors (Lipinski definition) is 4. The zero-order valence-corrected chi connectivity index (χ0v) is 13.7. The molecule has 0 amide bonds. The molecule has 0 unspecified atom stereocenters. The van der Waals surface area contributed by atoms with Gasteiger partial charge in [-0.3, -0.25) is 0 Å². The first kappa shape index (κ1) is 15.7. The highest BCUT2D eigenvalue weighted by Gasteiger charge is 2.27. The van der Waals surface area contributed by atoms with Crippen LogP contribution >= 0.6 is 0 Å². The van der Waals surface area contributed by atoms with Gasteiger partial charge in [-0.2, -0.15) is 4.74 Å². The lowest BCUT2D eigenvalue weighted by Gasteiger charge is -2.23. The fraction of sp³-hybridized carbons (Fsp3) is 0.316. The molecule has 3 aromatic rings. The third-order valence-electron chi connectivity index (χ3n) is 4.71. The predicted octanol–water partition coefficient (Wildman–Crippen LogP) is 4.21. The number of hydrogen-bond donors (Lipinski definition) is 0. The first-order valence-electron chi connectivity index (χ1n) is 8.52. The summed E-state index contributed by atoms with van der Waals surface area (Å²) in [6.45, 7) is 0. The van der Waals surface area contributed by atoms with Crippen LogP contribution in [0.5, 0.6) is 0 Å². The zero-order chi connectivity index (χ0) is 17.2. The molecule has 5 nitrogen and oxygen atoms in total. The van der Waals surface area contributed by atoms with Gasteiger partial charge in [0.15, 0.2) is 0 Å². The molecule has 2 aromatic heterocycles. The topological polar surface area (TPSA) is 60.9 Å². The maximum absolute atomic E-state index is 13.3. The van der Waals surface area contributed by atoms with Crippen molar-refractivity contribution in [2.45, 2.75) is 38.1 Å². The van der Waals surface area contributed by atoms with E-state index in [1.165, 1.54) is 24.9 Å². The SMILES string of the molecule is O=c1on(C2CCCCC2)c(-c2ccncn2)c1-c1ccc(F)cc1.